The molecule has 162 valence electrons. The Balaban J connectivity index is 1.53. The van der Waals surface area contributed by atoms with Crippen LogP contribution in [0.4, 0.5) is 13.2 Å². The Labute approximate surface area is 181 Å². The van der Waals surface area contributed by atoms with Crippen molar-refractivity contribution in [2.24, 2.45) is 16.7 Å². The molecule has 31 heavy (non-hydrogen) atoms. The van der Waals surface area contributed by atoms with Crippen LogP contribution < -0.4 is 16.9 Å². The fourth-order valence-electron chi connectivity index (χ4n) is 2.87. The molecule has 1 aromatic heterocycles. The largest absolute Gasteiger partial charge is 0.416 e. The Morgan fingerprint density at radius 2 is 1.94 bits per heavy atom. The molecule has 0 spiro atoms. The summed E-state index contributed by atoms with van der Waals surface area (Å²) in [6.07, 6.45) is -0.739. The van der Waals surface area contributed by atoms with Gasteiger partial charge in [0.2, 0.25) is 0 Å². The molecule has 3 aromatic rings. The van der Waals surface area contributed by atoms with Gasteiger partial charge < -0.3 is 16.9 Å². The fraction of sp³-hybridized carbons (Fsp3) is 0.190. The topological polar surface area (TPSA) is 102 Å². The average molecular weight is 447 g/mol. The van der Waals surface area contributed by atoms with Gasteiger partial charge in [-0.25, -0.2) is 9.97 Å². The van der Waals surface area contributed by atoms with Crippen LogP contribution in [-0.4, -0.2) is 27.6 Å². The lowest BCUT2D eigenvalue weighted by molar-refractivity contribution is -0.137. The zero-order chi connectivity index (χ0) is 22.4. The van der Waals surface area contributed by atoms with Crippen LogP contribution >= 0.6 is 11.8 Å². The summed E-state index contributed by atoms with van der Waals surface area (Å²) in [4.78, 5) is 8.21. The van der Waals surface area contributed by atoms with E-state index in [0.717, 1.165) is 34.2 Å². The highest BCUT2D eigenvalue weighted by atomic mass is 32.2. The third-order valence-electron chi connectivity index (χ3n) is 4.43. The van der Waals surface area contributed by atoms with Crippen LogP contribution in [0.5, 0.6) is 0 Å². The van der Waals surface area contributed by atoms with Crippen molar-refractivity contribution < 1.29 is 13.2 Å². The number of thioether (sulfide) groups is 1. The molecule has 0 aliphatic carbocycles. The monoisotopic (exact) mass is 446 g/mol. The number of halogens is 3. The summed E-state index contributed by atoms with van der Waals surface area (Å²) in [5.74, 6) is 5.56. The first-order valence-corrected chi connectivity index (χ1v) is 10.1. The molecule has 1 heterocycles. The zero-order valence-corrected chi connectivity index (χ0v) is 17.2. The molecule has 6 nitrogen and oxygen atoms in total. The van der Waals surface area contributed by atoms with E-state index in [0.29, 0.717) is 23.0 Å². The van der Waals surface area contributed by atoms with E-state index < -0.39 is 11.7 Å². The molecule has 0 aliphatic rings. The predicted molar refractivity (Wildman–Crippen MR) is 118 cm³/mol. The van der Waals surface area contributed by atoms with Crippen molar-refractivity contribution in [1.82, 2.24) is 15.3 Å². The number of aromatic nitrogens is 2. The number of benzene rings is 2. The van der Waals surface area contributed by atoms with Gasteiger partial charge in [-0.05, 0) is 30.2 Å². The van der Waals surface area contributed by atoms with Crippen molar-refractivity contribution >= 4 is 27.7 Å². The Hall–Kier alpha value is -3.11. The summed E-state index contributed by atoms with van der Waals surface area (Å²) in [6.45, 7) is 4.34. The lowest BCUT2D eigenvalue weighted by Gasteiger charge is -2.16. The van der Waals surface area contributed by atoms with E-state index in [1.165, 1.54) is 30.2 Å². The summed E-state index contributed by atoms with van der Waals surface area (Å²) < 4.78 is 38.0. The molecule has 0 radical (unpaired) electrons. The van der Waals surface area contributed by atoms with Gasteiger partial charge in [0.25, 0.3) is 0 Å². The van der Waals surface area contributed by atoms with Crippen LogP contribution in [0.15, 0.2) is 71.7 Å². The quantitative estimate of drug-likeness (QED) is 0.222. The van der Waals surface area contributed by atoms with Crippen molar-refractivity contribution in [3.63, 3.8) is 0 Å². The van der Waals surface area contributed by atoms with Gasteiger partial charge in [-0.3, -0.25) is 0 Å². The Bertz CT molecular complexity index is 1080. The summed E-state index contributed by atoms with van der Waals surface area (Å²) in [6, 6.07) is 10.3. The highest BCUT2D eigenvalue weighted by Gasteiger charge is 2.29. The van der Waals surface area contributed by atoms with E-state index >= 15 is 0 Å². The smallest absolute Gasteiger partial charge is 0.378 e. The van der Waals surface area contributed by atoms with Crippen molar-refractivity contribution in [2.45, 2.75) is 18.6 Å². The van der Waals surface area contributed by atoms with Gasteiger partial charge in [-0.1, -0.05) is 42.6 Å². The Morgan fingerprint density at radius 3 is 2.61 bits per heavy atom. The van der Waals surface area contributed by atoms with E-state index in [4.69, 9.17) is 11.6 Å². The number of hydrazone groups is 1. The normalized spacial score (nSPS) is 13.2. The fourth-order valence-corrected chi connectivity index (χ4v) is 3.56. The summed E-state index contributed by atoms with van der Waals surface area (Å²) in [7, 11) is 0. The third kappa shape index (κ3) is 6.19. The number of alkyl halides is 3. The van der Waals surface area contributed by atoms with E-state index in [-0.39, 0.29) is 6.04 Å². The number of nitrogens with zero attached hydrogens (tertiary/aromatic N) is 3. The van der Waals surface area contributed by atoms with Crippen molar-refractivity contribution in [1.29, 1.82) is 0 Å². The van der Waals surface area contributed by atoms with Crippen LogP contribution in [0, 0.1) is 0 Å². The Morgan fingerprint density at radius 1 is 1.19 bits per heavy atom. The maximum Gasteiger partial charge on any atom is 0.416 e. The second-order valence-electron chi connectivity index (χ2n) is 6.80. The first kappa shape index (κ1) is 22.6. The number of nitrogens with two attached hydrogens (primary N) is 2. The van der Waals surface area contributed by atoms with Crippen LogP contribution in [0.25, 0.3) is 10.9 Å². The van der Waals surface area contributed by atoms with Crippen LogP contribution in [0.1, 0.15) is 16.7 Å². The molecule has 5 N–H and O–H groups in total. The average Bonchev–Trinajstić information content (AvgIpc) is 2.75. The van der Waals surface area contributed by atoms with Gasteiger partial charge in [-0.15, -0.1) is 0 Å². The lowest BCUT2D eigenvalue weighted by Crippen LogP contribution is -2.34. The number of hydrogen-bond donors (Lipinski definition) is 3. The zero-order valence-electron chi connectivity index (χ0n) is 16.4. The minimum Gasteiger partial charge on any atom is -0.378 e. The first-order valence-electron chi connectivity index (χ1n) is 9.26. The summed E-state index contributed by atoms with van der Waals surface area (Å²) in [5.41, 5.74) is 7.71. The number of hydrogen-bond acceptors (Lipinski definition) is 7. The number of rotatable bonds is 7. The number of fused-ring (bicyclic) bond motifs is 1. The van der Waals surface area contributed by atoms with Gasteiger partial charge >= 0.3 is 6.18 Å². The minimum atomic E-state index is -4.35. The molecule has 0 saturated carbocycles. The predicted octanol–water partition coefficient (Wildman–Crippen LogP) is 3.63. The van der Waals surface area contributed by atoms with Crippen LogP contribution in [0.2, 0.25) is 0 Å². The summed E-state index contributed by atoms with van der Waals surface area (Å²) in [5, 5.41) is 9.00. The van der Waals surface area contributed by atoms with Gasteiger partial charge in [-0.2, -0.15) is 18.3 Å². The molecule has 3 rings (SSSR count). The van der Waals surface area contributed by atoms with Crippen molar-refractivity contribution in [3.8, 4) is 0 Å². The highest BCUT2D eigenvalue weighted by Crippen LogP contribution is 2.29. The van der Waals surface area contributed by atoms with Crippen LogP contribution in [0.3, 0.4) is 0 Å². The van der Waals surface area contributed by atoms with E-state index in [2.05, 4.69) is 27.0 Å². The third-order valence-corrected chi connectivity index (χ3v) is 5.36. The summed E-state index contributed by atoms with van der Waals surface area (Å²) >= 11 is 1.25. The first-order chi connectivity index (χ1) is 14.8. The van der Waals surface area contributed by atoms with Gasteiger partial charge in [0, 0.05) is 29.7 Å². The van der Waals surface area contributed by atoms with E-state index in [1.807, 2.05) is 18.2 Å². The molecule has 10 heteroatoms. The standard InChI is InChI=1S/C21H21F3N6S/c1-13(28-11-18(25)8-14-2-6-17(7-3-14)21(22,23)24)31-20(30-26)15-4-5-16-10-27-12-29-19(16)9-15/h2-7,9-10,12,18,28H,1,8,11,25-26H2/b30-20-/t18-/m0/s1. The number of nitrogens with one attached hydrogen (secondary N) is 1. The maximum absolute atomic E-state index is 12.7. The van der Waals surface area contributed by atoms with Gasteiger partial charge in [0.05, 0.1) is 16.1 Å². The molecule has 1 atom stereocenters. The second-order valence-corrected chi connectivity index (χ2v) is 7.88. The van der Waals surface area contributed by atoms with E-state index in [9.17, 15) is 13.2 Å². The molecule has 0 fully saturated rings. The molecule has 0 amide bonds. The molecular formula is C21H21F3N6S. The SMILES string of the molecule is C=C(NC[C@@H](N)Cc1ccc(C(F)(F)F)cc1)S/C(=N\N)c1ccc2cncnc2c1. The molecule has 0 aliphatic heterocycles. The maximum atomic E-state index is 12.7. The van der Waals surface area contributed by atoms with Crippen molar-refractivity contribution in [2.75, 3.05) is 6.54 Å². The second kappa shape index (κ2) is 9.80. The molecular weight excluding hydrogens is 425 g/mol. The molecule has 0 unspecified atom stereocenters. The molecule has 0 bridgehead atoms. The van der Waals surface area contributed by atoms with Gasteiger partial charge in [0.1, 0.15) is 11.4 Å². The van der Waals surface area contributed by atoms with E-state index in [1.54, 1.807) is 6.20 Å². The Kier molecular flexibility index (Phi) is 7.13. The van der Waals surface area contributed by atoms with Crippen LogP contribution in [-0.2, 0) is 12.6 Å². The highest BCUT2D eigenvalue weighted by molar-refractivity contribution is 8.17. The molecule has 0 saturated heterocycles. The lowest BCUT2D eigenvalue weighted by atomic mass is 10.0. The van der Waals surface area contributed by atoms with Crippen molar-refractivity contribution in [3.05, 3.63) is 83.3 Å². The minimum absolute atomic E-state index is 0.315. The van der Waals surface area contributed by atoms with Gasteiger partial charge in [0.15, 0.2) is 0 Å². The molecule has 2 aromatic carbocycles.